The summed E-state index contributed by atoms with van der Waals surface area (Å²) in [6.45, 7) is 7.74. The van der Waals surface area contributed by atoms with Gasteiger partial charge in [-0.05, 0) is 13.8 Å². The fourth-order valence-corrected chi connectivity index (χ4v) is 1.48. The summed E-state index contributed by atoms with van der Waals surface area (Å²) in [4.78, 5) is 2.17. The lowest BCUT2D eigenvalue weighted by atomic mass is 10.1. The Morgan fingerprint density at radius 2 is 2.12 bits per heavy atom. The molecule has 0 spiro atoms. The summed E-state index contributed by atoms with van der Waals surface area (Å²) < 4.78 is 10.7. The molecular weight excluding hydrogens is 206 g/mol. The summed E-state index contributed by atoms with van der Waals surface area (Å²) in [6.07, 6.45) is 4.80. The minimum atomic E-state index is -0.605. The van der Waals surface area contributed by atoms with Crippen molar-refractivity contribution in [2.24, 2.45) is 0 Å². The largest absolute Gasteiger partial charge is 0.389 e. The van der Waals surface area contributed by atoms with Crippen LogP contribution < -0.4 is 0 Å². The number of hydrogen-bond donors (Lipinski definition) is 1. The van der Waals surface area contributed by atoms with Gasteiger partial charge in [0.05, 0.1) is 25.9 Å². The van der Waals surface area contributed by atoms with Crippen LogP contribution in [0.25, 0.3) is 0 Å². The van der Waals surface area contributed by atoms with Crippen LogP contribution in [-0.4, -0.2) is 61.2 Å². The van der Waals surface area contributed by atoms with Gasteiger partial charge < -0.3 is 14.6 Å². The maximum atomic E-state index is 9.78. The molecule has 0 saturated carbocycles. The van der Waals surface area contributed by atoms with Gasteiger partial charge in [-0.15, -0.1) is 6.42 Å². The number of aliphatic hydroxyl groups excluding tert-OH is 1. The molecule has 16 heavy (non-hydrogen) atoms. The molecule has 0 radical (unpaired) electrons. The van der Waals surface area contributed by atoms with Crippen LogP contribution in [0.15, 0.2) is 0 Å². The SMILES string of the molecule is C#CC(C)(C)OC[C@@H](O)CN1CCOCC1. The molecule has 92 valence electrons. The molecule has 1 aliphatic heterocycles. The van der Waals surface area contributed by atoms with Crippen molar-refractivity contribution in [1.82, 2.24) is 4.90 Å². The second-order valence-electron chi connectivity index (χ2n) is 4.53. The van der Waals surface area contributed by atoms with Gasteiger partial charge in [-0.25, -0.2) is 0 Å². The van der Waals surface area contributed by atoms with Crippen molar-refractivity contribution in [2.45, 2.75) is 25.6 Å². The monoisotopic (exact) mass is 227 g/mol. The molecule has 1 fully saturated rings. The lowest BCUT2D eigenvalue weighted by Gasteiger charge is -2.29. The van der Waals surface area contributed by atoms with Crippen LogP contribution in [-0.2, 0) is 9.47 Å². The Bertz CT molecular complexity index is 241. The quantitative estimate of drug-likeness (QED) is 0.677. The zero-order valence-corrected chi connectivity index (χ0v) is 10.1. The highest BCUT2D eigenvalue weighted by molar-refractivity contribution is 5.02. The van der Waals surface area contributed by atoms with Crippen LogP contribution in [0.3, 0.4) is 0 Å². The van der Waals surface area contributed by atoms with Crippen LogP contribution in [0, 0.1) is 12.3 Å². The van der Waals surface area contributed by atoms with Gasteiger partial charge in [-0.3, -0.25) is 4.90 Å². The summed E-state index contributed by atoms with van der Waals surface area (Å²) in [5.74, 6) is 2.53. The predicted octanol–water partition coefficient (Wildman–Crippen LogP) is 0.108. The molecular formula is C12H21NO3. The summed E-state index contributed by atoms with van der Waals surface area (Å²) in [7, 11) is 0. The second-order valence-corrected chi connectivity index (χ2v) is 4.53. The first kappa shape index (κ1) is 13.5. The molecule has 0 amide bonds. The fourth-order valence-electron chi connectivity index (χ4n) is 1.48. The highest BCUT2D eigenvalue weighted by Crippen LogP contribution is 2.08. The lowest BCUT2D eigenvalue weighted by molar-refractivity contribution is -0.0481. The number of rotatable bonds is 5. The molecule has 1 atom stereocenters. The van der Waals surface area contributed by atoms with Crippen molar-refractivity contribution in [3.63, 3.8) is 0 Å². The summed E-state index contributed by atoms with van der Waals surface area (Å²) in [5, 5.41) is 9.78. The number of ether oxygens (including phenoxy) is 2. The zero-order valence-electron chi connectivity index (χ0n) is 10.1. The van der Waals surface area contributed by atoms with Gasteiger partial charge in [0.2, 0.25) is 0 Å². The van der Waals surface area contributed by atoms with E-state index in [2.05, 4.69) is 10.8 Å². The van der Waals surface area contributed by atoms with Crippen LogP contribution in [0.5, 0.6) is 0 Å². The van der Waals surface area contributed by atoms with Crippen molar-refractivity contribution in [3.8, 4) is 12.3 Å². The van der Waals surface area contributed by atoms with Crippen LogP contribution in [0.2, 0.25) is 0 Å². The molecule has 0 aromatic rings. The van der Waals surface area contributed by atoms with Crippen LogP contribution in [0.1, 0.15) is 13.8 Å². The molecule has 4 heteroatoms. The molecule has 1 rings (SSSR count). The molecule has 0 aliphatic carbocycles. The maximum absolute atomic E-state index is 9.78. The van der Waals surface area contributed by atoms with E-state index in [-0.39, 0.29) is 6.61 Å². The van der Waals surface area contributed by atoms with Crippen molar-refractivity contribution in [2.75, 3.05) is 39.5 Å². The molecule has 1 saturated heterocycles. The van der Waals surface area contributed by atoms with E-state index < -0.39 is 11.7 Å². The molecule has 1 N–H and O–H groups in total. The Kier molecular flexibility index (Phi) is 5.23. The number of β-amino-alcohol motifs (C(OH)–C–C–N with tert-alkyl or cyclic N) is 1. The van der Waals surface area contributed by atoms with Gasteiger partial charge in [0, 0.05) is 19.6 Å². The summed E-state index contributed by atoms with van der Waals surface area (Å²) in [5.41, 5.74) is -0.605. The van der Waals surface area contributed by atoms with Crippen molar-refractivity contribution >= 4 is 0 Å². The average molecular weight is 227 g/mol. The Hall–Kier alpha value is -0.600. The van der Waals surface area contributed by atoms with Gasteiger partial charge in [-0.1, -0.05) is 5.92 Å². The van der Waals surface area contributed by atoms with Crippen LogP contribution in [0.4, 0.5) is 0 Å². The molecule has 1 heterocycles. The first-order valence-corrected chi connectivity index (χ1v) is 5.63. The fraction of sp³-hybridized carbons (Fsp3) is 0.833. The van der Waals surface area contributed by atoms with Crippen molar-refractivity contribution in [3.05, 3.63) is 0 Å². The Morgan fingerprint density at radius 3 is 2.69 bits per heavy atom. The summed E-state index contributed by atoms with van der Waals surface area (Å²) >= 11 is 0. The normalized spacial score (nSPS) is 20.4. The average Bonchev–Trinajstić information content (AvgIpc) is 2.28. The lowest BCUT2D eigenvalue weighted by Crippen LogP contribution is -2.43. The number of nitrogens with zero attached hydrogens (tertiary/aromatic N) is 1. The third-order valence-electron chi connectivity index (χ3n) is 2.56. The zero-order chi connectivity index (χ0) is 12.0. The topological polar surface area (TPSA) is 41.9 Å². The standard InChI is InChI=1S/C12H21NO3/c1-4-12(2,3)16-10-11(14)9-13-5-7-15-8-6-13/h1,11,14H,5-10H2,2-3H3/t11-/m0/s1. The Balaban J connectivity index is 2.20. The van der Waals surface area contributed by atoms with E-state index in [1.54, 1.807) is 0 Å². The molecule has 0 unspecified atom stereocenters. The van der Waals surface area contributed by atoms with Crippen LogP contribution >= 0.6 is 0 Å². The third-order valence-corrected chi connectivity index (χ3v) is 2.56. The second kappa shape index (κ2) is 6.21. The maximum Gasteiger partial charge on any atom is 0.122 e. The Labute approximate surface area is 97.5 Å². The van der Waals surface area contributed by atoms with Crippen molar-refractivity contribution in [1.29, 1.82) is 0 Å². The van der Waals surface area contributed by atoms with Gasteiger partial charge in [-0.2, -0.15) is 0 Å². The number of morpholine rings is 1. The van der Waals surface area contributed by atoms with E-state index in [1.807, 2.05) is 13.8 Å². The highest BCUT2D eigenvalue weighted by atomic mass is 16.5. The van der Waals surface area contributed by atoms with E-state index in [9.17, 15) is 5.11 Å². The highest BCUT2D eigenvalue weighted by Gasteiger charge is 2.19. The molecule has 1 aliphatic rings. The van der Waals surface area contributed by atoms with E-state index in [4.69, 9.17) is 15.9 Å². The summed E-state index contributed by atoms with van der Waals surface area (Å²) in [6, 6.07) is 0. The minimum Gasteiger partial charge on any atom is -0.389 e. The number of hydrogen-bond acceptors (Lipinski definition) is 4. The number of terminal acetylenes is 1. The molecule has 0 bridgehead atoms. The number of aliphatic hydroxyl groups is 1. The molecule has 0 aromatic heterocycles. The molecule has 4 nitrogen and oxygen atoms in total. The van der Waals surface area contributed by atoms with Gasteiger partial charge in [0.1, 0.15) is 5.60 Å². The van der Waals surface area contributed by atoms with E-state index in [0.717, 1.165) is 26.3 Å². The Morgan fingerprint density at radius 1 is 1.50 bits per heavy atom. The predicted molar refractivity (Wildman–Crippen MR) is 62.1 cm³/mol. The van der Waals surface area contributed by atoms with Gasteiger partial charge in [0.15, 0.2) is 0 Å². The molecule has 0 aromatic carbocycles. The first-order chi connectivity index (χ1) is 7.53. The first-order valence-electron chi connectivity index (χ1n) is 5.63. The van der Waals surface area contributed by atoms with Gasteiger partial charge in [0.25, 0.3) is 0 Å². The van der Waals surface area contributed by atoms with E-state index >= 15 is 0 Å². The smallest absolute Gasteiger partial charge is 0.122 e. The van der Waals surface area contributed by atoms with E-state index in [1.165, 1.54) is 0 Å². The van der Waals surface area contributed by atoms with Gasteiger partial charge >= 0.3 is 0 Å². The minimum absolute atomic E-state index is 0.272. The van der Waals surface area contributed by atoms with E-state index in [0.29, 0.717) is 6.54 Å². The van der Waals surface area contributed by atoms with Crippen molar-refractivity contribution < 1.29 is 14.6 Å². The third kappa shape index (κ3) is 4.95.